The van der Waals surface area contributed by atoms with Crippen molar-refractivity contribution < 1.29 is 51.8 Å². The van der Waals surface area contributed by atoms with Crippen LogP contribution in [0.4, 0.5) is 9.59 Å². The van der Waals surface area contributed by atoms with Gasteiger partial charge in [-0.1, -0.05) is 50.2 Å². The van der Waals surface area contributed by atoms with Gasteiger partial charge in [0.2, 0.25) is 6.79 Å². The van der Waals surface area contributed by atoms with E-state index in [0.717, 1.165) is 46.0 Å². The summed E-state index contributed by atoms with van der Waals surface area (Å²) in [5.74, 6) is -0.918. The van der Waals surface area contributed by atoms with Crippen LogP contribution in [0.1, 0.15) is 97.5 Å². The Morgan fingerprint density at radius 1 is 0.921 bits per heavy atom. The van der Waals surface area contributed by atoms with E-state index in [9.17, 15) is 23.8 Å². The number of esters is 1. The van der Waals surface area contributed by atoms with E-state index >= 15 is 0 Å². The molecule has 0 bridgehead atoms. The maximum Gasteiger partial charge on any atom is 0.527 e. The molecule has 0 radical (unpaired) electrons. The van der Waals surface area contributed by atoms with E-state index in [1.54, 1.807) is 33.7 Å². The number of rotatable bonds is 12. The van der Waals surface area contributed by atoms with Gasteiger partial charge in [0.1, 0.15) is 11.9 Å². The molecule has 3 aromatic carbocycles. The summed E-state index contributed by atoms with van der Waals surface area (Å²) in [6.45, 7) is 13.9. The van der Waals surface area contributed by atoms with Gasteiger partial charge >= 0.3 is 26.0 Å². The summed E-state index contributed by atoms with van der Waals surface area (Å²) in [6.07, 6.45) is 3.74. The van der Waals surface area contributed by atoms with Crippen LogP contribution in [0.25, 0.3) is 27.8 Å². The molecule has 1 aliphatic heterocycles. The molecule has 1 fully saturated rings. The number of likely N-dealkylation sites (tertiary alicyclic amines) is 1. The fourth-order valence-electron chi connectivity index (χ4n) is 7.82. The Morgan fingerprint density at radius 2 is 1.65 bits per heavy atom. The summed E-state index contributed by atoms with van der Waals surface area (Å²) in [6, 6.07) is 18.7. The molecule has 4 heterocycles. The average Bonchev–Trinajstić information content (AvgIpc) is 3.87. The van der Waals surface area contributed by atoms with Crippen LogP contribution in [-0.2, 0) is 29.9 Å². The second-order valence-electron chi connectivity index (χ2n) is 16.7. The zero-order chi connectivity index (χ0) is 45.2. The van der Waals surface area contributed by atoms with Crippen molar-refractivity contribution in [2.45, 2.75) is 85.4 Å². The molecule has 0 spiro atoms. The highest BCUT2D eigenvalue weighted by Crippen LogP contribution is 2.48. The Kier molecular flexibility index (Phi) is 13.0. The number of benzene rings is 3. The smallest absolute Gasteiger partial charge is 0.493 e. The van der Waals surface area contributed by atoms with Crippen molar-refractivity contribution in [2.24, 2.45) is 0 Å². The topological polar surface area (TPSA) is 182 Å². The van der Waals surface area contributed by atoms with Crippen LogP contribution in [0.3, 0.4) is 0 Å². The molecule has 3 aromatic heterocycles. The number of hydrogen-bond acceptors (Lipinski definition) is 12. The second kappa shape index (κ2) is 18.2. The number of ether oxygens (including phenoxy) is 4. The number of fused-ring (bicyclic) bond motifs is 2. The first-order valence-corrected chi connectivity index (χ1v) is 22.1. The second-order valence-corrected chi connectivity index (χ2v) is 18.1. The Hall–Kier alpha value is -6.22. The monoisotopic (exact) mass is 881 g/mol. The van der Waals surface area contributed by atoms with Gasteiger partial charge in [-0.15, -0.1) is 0 Å². The van der Waals surface area contributed by atoms with Gasteiger partial charge in [-0.3, -0.25) is 9.42 Å². The van der Waals surface area contributed by atoms with Crippen molar-refractivity contribution in [1.29, 1.82) is 0 Å². The fourth-order valence-corrected chi connectivity index (χ4v) is 8.59. The van der Waals surface area contributed by atoms with Gasteiger partial charge in [-0.2, -0.15) is 5.10 Å². The number of phosphoric ester groups is 1. The molecule has 1 atom stereocenters. The number of carbonyl (C=O) groups is 3. The number of aryl methyl sites for hydroxylation is 1. The molecule has 332 valence electrons. The molecule has 1 saturated heterocycles. The van der Waals surface area contributed by atoms with E-state index in [1.807, 2.05) is 59.0 Å². The van der Waals surface area contributed by atoms with Gasteiger partial charge in [-0.25, -0.2) is 33.0 Å². The lowest BCUT2D eigenvalue weighted by Crippen LogP contribution is -2.41. The molecule has 0 aliphatic carbocycles. The number of amides is 1. The van der Waals surface area contributed by atoms with Crippen molar-refractivity contribution in [3.63, 3.8) is 0 Å². The predicted octanol–water partition coefficient (Wildman–Crippen LogP) is 9.71. The minimum absolute atomic E-state index is 0.000820. The zero-order valence-electron chi connectivity index (χ0n) is 36.6. The Balaban J connectivity index is 1.14. The van der Waals surface area contributed by atoms with Gasteiger partial charge in [-0.05, 0) is 117 Å². The molecule has 17 heteroatoms. The van der Waals surface area contributed by atoms with Crippen LogP contribution >= 0.6 is 7.82 Å². The summed E-state index contributed by atoms with van der Waals surface area (Å²) >= 11 is 0. The van der Waals surface area contributed by atoms with Gasteiger partial charge < -0.3 is 28.4 Å². The zero-order valence-corrected chi connectivity index (χ0v) is 37.5. The minimum atomic E-state index is -4.58. The highest BCUT2D eigenvalue weighted by atomic mass is 31.2. The average molecular weight is 882 g/mol. The van der Waals surface area contributed by atoms with E-state index in [1.165, 1.54) is 36.2 Å². The molecular weight excluding hydrogens is 830 g/mol. The van der Waals surface area contributed by atoms with Gasteiger partial charge in [0.05, 0.1) is 30.5 Å². The number of carbonyl (C=O) groups excluding carboxylic acids is 3. The lowest BCUT2D eigenvalue weighted by atomic mass is 9.87. The molecule has 1 aliphatic rings. The van der Waals surface area contributed by atoms with Crippen molar-refractivity contribution in [1.82, 2.24) is 24.1 Å². The summed E-state index contributed by atoms with van der Waals surface area (Å²) in [5, 5.41) is 5.28. The number of phosphoric acid groups is 1. The number of methoxy groups -OCH3 is 1. The van der Waals surface area contributed by atoms with Crippen LogP contribution in [0, 0.1) is 13.8 Å². The molecule has 7 rings (SSSR count). The first-order chi connectivity index (χ1) is 29.9. The fraction of sp³-hybridized carbons (Fsp3) is 0.370. The predicted molar refractivity (Wildman–Crippen MR) is 234 cm³/mol. The molecule has 63 heavy (non-hydrogen) atoms. The van der Waals surface area contributed by atoms with E-state index < -0.39 is 32.3 Å². The Morgan fingerprint density at radius 3 is 2.33 bits per heavy atom. The molecular formula is C46H52N5O11P. The summed E-state index contributed by atoms with van der Waals surface area (Å²) < 4.78 is 48.4. The third-order valence-corrected chi connectivity index (χ3v) is 11.9. The molecule has 1 unspecified atom stereocenters. The maximum absolute atomic E-state index is 14.4. The first-order valence-electron chi connectivity index (χ1n) is 20.6. The third kappa shape index (κ3) is 9.88. The number of pyridine rings is 1. The number of nitrogens with zero attached hydrogens (tertiary/aromatic N) is 5. The van der Waals surface area contributed by atoms with Gasteiger partial charge in [0, 0.05) is 30.2 Å². The summed E-state index contributed by atoms with van der Waals surface area (Å²) in [7, 11) is -3.28. The number of aromatic nitrogens is 4. The van der Waals surface area contributed by atoms with E-state index in [4.69, 9.17) is 28.0 Å². The first kappa shape index (κ1) is 44.8. The van der Waals surface area contributed by atoms with Crippen molar-refractivity contribution in [3.8, 4) is 22.8 Å². The van der Waals surface area contributed by atoms with E-state index in [0.29, 0.717) is 35.5 Å². The number of piperidine rings is 1. The van der Waals surface area contributed by atoms with Crippen molar-refractivity contribution in [3.05, 3.63) is 113 Å². The van der Waals surface area contributed by atoms with Crippen LogP contribution < -0.4 is 9.26 Å². The van der Waals surface area contributed by atoms with Crippen LogP contribution in [0.2, 0.25) is 0 Å². The van der Waals surface area contributed by atoms with Crippen LogP contribution in [-0.4, -0.2) is 79.7 Å². The lowest BCUT2D eigenvalue weighted by Gasteiger charge is -2.33. The molecule has 16 nitrogen and oxygen atoms in total. The maximum atomic E-state index is 14.4. The highest BCUT2D eigenvalue weighted by molar-refractivity contribution is 7.47. The van der Waals surface area contributed by atoms with Crippen molar-refractivity contribution in [2.75, 3.05) is 27.0 Å². The Labute approximate surface area is 365 Å². The highest BCUT2D eigenvalue weighted by Gasteiger charge is 2.32. The molecule has 1 N–H and O–H groups in total. The van der Waals surface area contributed by atoms with E-state index in [2.05, 4.69) is 30.0 Å². The third-order valence-electron chi connectivity index (χ3n) is 11.0. The standard InChI is InChI=1S/C46H52N5O11P/c1-28(2)40-35-22-33(32-18-20-49(21-19-32)44(53)61-46(5,6)7)14-16-37(35)51(41(40)36-24-50-42(47-26-48-50)30(4)29(36)3)45(54)59-27-58-43(52)34-15-17-38(39(23-34)57-8)62-63(55,56)60-25-31-12-10-9-11-13-31/h9-17,22-24,26,28,32H,18-21,25,27H2,1-8H3,(H,55,56). The van der Waals surface area contributed by atoms with Gasteiger partial charge in [0.25, 0.3) is 0 Å². The Bertz CT molecular complexity index is 2710. The summed E-state index contributed by atoms with van der Waals surface area (Å²) in [4.78, 5) is 57.0. The van der Waals surface area contributed by atoms with E-state index in [-0.39, 0.29) is 41.6 Å². The molecule has 6 aromatic rings. The lowest BCUT2D eigenvalue weighted by molar-refractivity contribution is -0.00176. The molecule has 1 amide bonds. The van der Waals surface area contributed by atoms with Gasteiger partial charge in [0.15, 0.2) is 17.1 Å². The van der Waals surface area contributed by atoms with Crippen LogP contribution in [0.5, 0.6) is 11.5 Å². The normalized spacial score (nSPS) is 14.5. The quantitative estimate of drug-likeness (QED) is 0.0697. The van der Waals surface area contributed by atoms with Crippen LogP contribution in [0.15, 0.2) is 79.3 Å². The van der Waals surface area contributed by atoms with Crippen molar-refractivity contribution >= 4 is 42.5 Å². The number of hydrogen-bond donors (Lipinski definition) is 1. The molecule has 0 saturated carbocycles. The summed E-state index contributed by atoms with van der Waals surface area (Å²) in [5.41, 5.74) is 6.54. The largest absolute Gasteiger partial charge is 0.527 e. The SMILES string of the molecule is COc1cc(C(=O)OCOC(=O)n2c(-c3cn4ncnc4c(C)c3C)c(C(C)C)c3cc(C4CCN(C(=O)OC(C)(C)C)CC4)ccc32)ccc1OP(=O)(O)OCc1ccccc1. The minimum Gasteiger partial charge on any atom is -0.493 e.